The van der Waals surface area contributed by atoms with E-state index < -0.39 is 18.3 Å². The Bertz CT molecular complexity index is 166. The largest absolute Gasteiger partial charge is 0.490 e. The van der Waals surface area contributed by atoms with Crippen molar-refractivity contribution in [3.8, 4) is 0 Å². The molecule has 1 rings (SSSR count). The minimum atomic E-state index is -1.02. The van der Waals surface area contributed by atoms with Crippen molar-refractivity contribution in [2.24, 2.45) is 0 Å². The Kier molecular flexibility index (Phi) is 2.49. The van der Waals surface area contributed by atoms with Crippen LogP contribution in [-0.2, 0) is 4.74 Å². The first kappa shape index (κ1) is 8.52. The van der Waals surface area contributed by atoms with Gasteiger partial charge < -0.3 is 20.1 Å². The number of rotatable bonds is 1. The van der Waals surface area contributed by atoms with Crippen LogP contribution in [0.15, 0.2) is 11.8 Å². The average Bonchev–Trinajstić information content (AvgIpc) is 1.96. The topological polar surface area (TPSA) is 69.9 Å². The van der Waals surface area contributed by atoms with Crippen LogP contribution in [0.5, 0.6) is 0 Å². The summed E-state index contributed by atoms with van der Waals surface area (Å²) in [5.74, 6) is 0.529. The summed E-state index contributed by atoms with van der Waals surface area (Å²) in [6, 6.07) is 0. The van der Waals surface area contributed by atoms with Crippen LogP contribution in [0.4, 0.5) is 0 Å². The van der Waals surface area contributed by atoms with Gasteiger partial charge in [-0.2, -0.15) is 0 Å². The predicted octanol–water partition coefficient (Wildman–Crippen LogP) is -0.997. The van der Waals surface area contributed by atoms with Crippen molar-refractivity contribution < 1.29 is 20.1 Å². The third kappa shape index (κ3) is 1.71. The van der Waals surface area contributed by atoms with E-state index in [1.807, 2.05) is 0 Å². The van der Waals surface area contributed by atoms with Crippen LogP contribution in [0.1, 0.15) is 6.92 Å². The van der Waals surface area contributed by atoms with Crippen LogP contribution in [-0.4, -0.2) is 40.2 Å². The molecule has 1 aliphatic heterocycles. The second kappa shape index (κ2) is 3.21. The molecule has 0 bridgehead atoms. The quantitative estimate of drug-likeness (QED) is 0.460. The summed E-state index contributed by atoms with van der Waals surface area (Å²) in [5.41, 5.74) is 0. The highest BCUT2D eigenvalue weighted by atomic mass is 16.5. The Morgan fingerprint density at radius 1 is 1.55 bits per heavy atom. The zero-order chi connectivity index (χ0) is 8.43. The molecular formula is C7H12O4. The molecular weight excluding hydrogens is 148 g/mol. The lowest BCUT2D eigenvalue weighted by molar-refractivity contribution is -0.0902. The van der Waals surface area contributed by atoms with Gasteiger partial charge in [-0.15, -0.1) is 0 Å². The van der Waals surface area contributed by atoms with Crippen LogP contribution in [0.3, 0.4) is 0 Å². The van der Waals surface area contributed by atoms with Gasteiger partial charge >= 0.3 is 0 Å². The summed E-state index contributed by atoms with van der Waals surface area (Å²) in [7, 11) is 0. The molecule has 0 spiro atoms. The molecule has 1 aliphatic rings. The molecule has 0 aromatic rings. The molecule has 0 fully saturated rings. The molecule has 0 aromatic carbocycles. The fourth-order valence-corrected chi connectivity index (χ4v) is 1.05. The Morgan fingerprint density at radius 2 is 2.18 bits per heavy atom. The smallest absolute Gasteiger partial charge is 0.150 e. The lowest BCUT2D eigenvalue weighted by Crippen LogP contribution is -2.43. The Morgan fingerprint density at radius 3 is 2.73 bits per heavy atom. The molecule has 4 heteroatoms. The fraction of sp³-hybridized carbons (Fsp3) is 0.714. The summed E-state index contributed by atoms with van der Waals surface area (Å²) in [5, 5.41) is 27.0. The lowest BCUT2D eigenvalue weighted by Gasteiger charge is -2.29. The first-order chi connectivity index (χ1) is 5.15. The van der Waals surface area contributed by atoms with Crippen molar-refractivity contribution in [3.05, 3.63) is 11.8 Å². The van der Waals surface area contributed by atoms with Crippen molar-refractivity contribution >= 4 is 0 Å². The minimum absolute atomic E-state index is 0.288. The summed E-state index contributed by atoms with van der Waals surface area (Å²) in [4.78, 5) is 0. The molecule has 3 atom stereocenters. The van der Waals surface area contributed by atoms with Gasteiger partial charge in [0.2, 0.25) is 0 Å². The highest BCUT2D eigenvalue weighted by Gasteiger charge is 2.30. The SMILES string of the molecule is CC1=C[C@@H](O)[C@H](O)[C@@H](CO)O1. The molecule has 0 amide bonds. The Balaban J connectivity index is 2.67. The number of ether oxygens (including phenoxy) is 1. The zero-order valence-electron chi connectivity index (χ0n) is 6.27. The maximum absolute atomic E-state index is 9.18. The second-order valence-electron chi connectivity index (χ2n) is 2.60. The van der Waals surface area contributed by atoms with Crippen LogP contribution in [0.25, 0.3) is 0 Å². The van der Waals surface area contributed by atoms with E-state index in [4.69, 9.17) is 14.9 Å². The Hall–Kier alpha value is -0.580. The van der Waals surface area contributed by atoms with Gasteiger partial charge in [-0.3, -0.25) is 0 Å². The molecule has 3 N–H and O–H groups in total. The van der Waals surface area contributed by atoms with E-state index in [1.165, 1.54) is 6.08 Å². The highest BCUT2D eigenvalue weighted by molar-refractivity contribution is 5.04. The second-order valence-corrected chi connectivity index (χ2v) is 2.60. The van der Waals surface area contributed by atoms with Crippen LogP contribution < -0.4 is 0 Å². The third-order valence-corrected chi connectivity index (χ3v) is 1.65. The van der Waals surface area contributed by atoms with Crippen LogP contribution >= 0.6 is 0 Å². The normalized spacial score (nSPS) is 37.8. The number of allylic oxidation sites excluding steroid dienone is 1. The molecule has 0 unspecified atom stereocenters. The number of hydrogen-bond donors (Lipinski definition) is 3. The van der Waals surface area contributed by atoms with Gasteiger partial charge in [0.1, 0.15) is 18.3 Å². The van der Waals surface area contributed by atoms with E-state index in [0.717, 1.165) is 0 Å². The third-order valence-electron chi connectivity index (χ3n) is 1.65. The van der Waals surface area contributed by atoms with Crippen molar-refractivity contribution in [2.75, 3.05) is 6.61 Å². The van der Waals surface area contributed by atoms with Gasteiger partial charge in [-0.05, 0) is 13.0 Å². The van der Waals surface area contributed by atoms with E-state index in [0.29, 0.717) is 5.76 Å². The van der Waals surface area contributed by atoms with Gasteiger partial charge in [0, 0.05) is 0 Å². The molecule has 0 saturated carbocycles. The van der Waals surface area contributed by atoms with Gasteiger partial charge in [0.25, 0.3) is 0 Å². The summed E-state index contributed by atoms with van der Waals surface area (Å²) < 4.78 is 5.02. The lowest BCUT2D eigenvalue weighted by atomic mass is 10.1. The predicted molar refractivity (Wildman–Crippen MR) is 37.7 cm³/mol. The van der Waals surface area contributed by atoms with E-state index in [-0.39, 0.29) is 6.61 Å². The first-order valence-corrected chi connectivity index (χ1v) is 3.47. The minimum Gasteiger partial charge on any atom is -0.490 e. The maximum atomic E-state index is 9.18. The van der Waals surface area contributed by atoms with Crippen molar-refractivity contribution in [2.45, 2.75) is 25.2 Å². The van der Waals surface area contributed by atoms with E-state index >= 15 is 0 Å². The van der Waals surface area contributed by atoms with Crippen LogP contribution in [0.2, 0.25) is 0 Å². The molecule has 0 aliphatic carbocycles. The number of aliphatic hydroxyl groups is 3. The van der Waals surface area contributed by atoms with Gasteiger partial charge in [0.15, 0.2) is 0 Å². The molecule has 11 heavy (non-hydrogen) atoms. The van der Waals surface area contributed by atoms with E-state index in [2.05, 4.69) is 0 Å². The Labute approximate surface area is 64.7 Å². The van der Waals surface area contributed by atoms with Gasteiger partial charge in [-0.1, -0.05) is 0 Å². The molecule has 4 nitrogen and oxygen atoms in total. The van der Waals surface area contributed by atoms with E-state index in [9.17, 15) is 5.11 Å². The number of aliphatic hydroxyl groups excluding tert-OH is 3. The van der Waals surface area contributed by atoms with E-state index in [1.54, 1.807) is 6.92 Å². The molecule has 64 valence electrons. The van der Waals surface area contributed by atoms with Crippen LogP contribution in [0, 0.1) is 0 Å². The maximum Gasteiger partial charge on any atom is 0.150 e. The molecule has 1 heterocycles. The number of hydrogen-bond acceptors (Lipinski definition) is 4. The van der Waals surface area contributed by atoms with Crippen molar-refractivity contribution in [1.82, 2.24) is 0 Å². The van der Waals surface area contributed by atoms with Gasteiger partial charge in [0.05, 0.1) is 12.4 Å². The molecule has 0 saturated heterocycles. The fourth-order valence-electron chi connectivity index (χ4n) is 1.05. The average molecular weight is 160 g/mol. The highest BCUT2D eigenvalue weighted by Crippen LogP contribution is 2.16. The van der Waals surface area contributed by atoms with Crippen molar-refractivity contribution in [3.63, 3.8) is 0 Å². The van der Waals surface area contributed by atoms with Gasteiger partial charge in [-0.25, -0.2) is 0 Å². The molecule has 0 radical (unpaired) electrons. The first-order valence-electron chi connectivity index (χ1n) is 3.47. The monoisotopic (exact) mass is 160 g/mol. The van der Waals surface area contributed by atoms with Crippen molar-refractivity contribution in [1.29, 1.82) is 0 Å². The molecule has 0 aromatic heterocycles. The summed E-state index contributed by atoms with van der Waals surface area (Å²) in [6.07, 6.45) is -1.24. The zero-order valence-corrected chi connectivity index (χ0v) is 6.27. The summed E-state index contributed by atoms with van der Waals surface area (Å²) >= 11 is 0. The summed E-state index contributed by atoms with van der Waals surface area (Å²) in [6.45, 7) is 1.38. The standard InChI is InChI=1S/C7H12O4/c1-4-2-5(9)7(10)6(3-8)11-4/h2,5-10H,3H2,1H3/t5-,6-,7+/m1/s1.